The second kappa shape index (κ2) is 7.79. The molecule has 1 aliphatic heterocycles. The average Bonchev–Trinajstić information content (AvgIpc) is 3.53. The molecule has 176 valence electrons. The third-order valence-electron chi connectivity index (χ3n) is 6.45. The maximum Gasteiger partial charge on any atom is 0.175 e. The molecular formula is C26H23N5O3S. The summed E-state index contributed by atoms with van der Waals surface area (Å²) in [5, 5.41) is 19.0. The van der Waals surface area contributed by atoms with Gasteiger partial charge in [0.15, 0.2) is 21.4 Å². The number of H-pyrrole nitrogens is 1. The van der Waals surface area contributed by atoms with Crippen LogP contribution in [0.5, 0.6) is 5.75 Å². The van der Waals surface area contributed by atoms with Gasteiger partial charge in [-0.3, -0.25) is 4.68 Å². The summed E-state index contributed by atoms with van der Waals surface area (Å²) in [5.74, 6) is 0.629. The van der Waals surface area contributed by atoms with Crippen molar-refractivity contribution in [1.29, 1.82) is 0 Å². The van der Waals surface area contributed by atoms with Gasteiger partial charge in [-0.05, 0) is 46.5 Å². The maximum absolute atomic E-state index is 11.7. The third kappa shape index (κ3) is 3.69. The minimum Gasteiger partial charge on any atom is -0.504 e. The smallest absolute Gasteiger partial charge is 0.175 e. The van der Waals surface area contributed by atoms with E-state index in [2.05, 4.69) is 27.5 Å². The maximum atomic E-state index is 11.7. The van der Waals surface area contributed by atoms with Crippen LogP contribution in [0.1, 0.15) is 11.1 Å². The topological polar surface area (TPSA) is 113 Å². The van der Waals surface area contributed by atoms with Crippen LogP contribution < -0.4 is 5.32 Å². The summed E-state index contributed by atoms with van der Waals surface area (Å²) in [6.45, 7) is 1.69. The molecule has 9 heteroatoms. The number of aromatic hydroxyl groups is 1. The molecule has 5 aromatic rings. The van der Waals surface area contributed by atoms with Crippen LogP contribution in [0.25, 0.3) is 44.9 Å². The number of hydrogen-bond donors (Lipinski definition) is 3. The van der Waals surface area contributed by atoms with Gasteiger partial charge < -0.3 is 15.4 Å². The van der Waals surface area contributed by atoms with Crippen molar-refractivity contribution < 1.29 is 13.5 Å². The van der Waals surface area contributed by atoms with Crippen LogP contribution in [-0.2, 0) is 30.0 Å². The first-order valence-electron chi connectivity index (χ1n) is 11.2. The molecule has 0 radical (unpaired) electrons. The van der Waals surface area contributed by atoms with Crippen molar-refractivity contribution in [2.45, 2.75) is 18.0 Å². The van der Waals surface area contributed by atoms with Crippen LogP contribution in [0.3, 0.4) is 0 Å². The Kier molecular flexibility index (Phi) is 4.80. The molecule has 0 amide bonds. The zero-order chi connectivity index (χ0) is 24.3. The van der Waals surface area contributed by atoms with Gasteiger partial charge in [0.05, 0.1) is 15.9 Å². The fraction of sp³-hybridized carbons (Fsp3) is 0.154. The van der Waals surface area contributed by atoms with Gasteiger partial charge in [-0.15, -0.1) is 0 Å². The Morgan fingerprint density at radius 1 is 0.914 bits per heavy atom. The Labute approximate surface area is 202 Å². The van der Waals surface area contributed by atoms with E-state index in [9.17, 15) is 13.5 Å². The number of fused-ring (bicyclic) bond motifs is 2. The Hall–Kier alpha value is -3.95. The number of rotatable bonds is 4. The molecular weight excluding hydrogens is 462 g/mol. The van der Waals surface area contributed by atoms with E-state index in [0.717, 1.165) is 40.8 Å². The van der Waals surface area contributed by atoms with Crippen molar-refractivity contribution in [1.82, 2.24) is 25.1 Å². The minimum atomic E-state index is -3.23. The fourth-order valence-corrected chi connectivity index (χ4v) is 5.24. The fourth-order valence-electron chi connectivity index (χ4n) is 4.61. The van der Waals surface area contributed by atoms with Gasteiger partial charge in [0.25, 0.3) is 0 Å². The van der Waals surface area contributed by atoms with Crippen LogP contribution in [0, 0.1) is 0 Å². The van der Waals surface area contributed by atoms with Crippen LogP contribution in [0.4, 0.5) is 0 Å². The highest BCUT2D eigenvalue weighted by Gasteiger charge is 2.22. The zero-order valence-corrected chi connectivity index (χ0v) is 20.0. The number of nitrogens with zero attached hydrogens (tertiary/aromatic N) is 3. The summed E-state index contributed by atoms with van der Waals surface area (Å²) < 4.78 is 25.0. The van der Waals surface area contributed by atoms with E-state index in [1.54, 1.807) is 36.0 Å². The number of aryl methyl sites for hydroxylation is 1. The van der Waals surface area contributed by atoms with Crippen molar-refractivity contribution in [3.8, 4) is 39.7 Å². The molecule has 0 saturated heterocycles. The molecule has 3 N–H and O–H groups in total. The second-order valence-corrected chi connectivity index (χ2v) is 10.9. The van der Waals surface area contributed by atoms with Crippen LogP contribution in [0.15, 0.2) is 65.6 Å². The highest BCUT2D eigenvalue weighted by molar-refractivity contribution is 7.90. The Morgan fingerprint density at radius 3 is 2.17 bits per heavy atom. The summed E-state index contributed by atoms with van der Waals surface area (Å²) in [7, 11) is -1.45. The first-order valence-corrected chi connectivity index (χ1v) is 13.1. The van der Waals surface area contributed by atoms with Crippen LogP contribution in [0.2, 0.25) is 0 Å². The summed E-state index contributed by atoms with van der Waals surface area (Å²) in [4.78, 5) is 8.34. The first-order chi connectivity index (χ1) is 16.8. The van der Waals surface area contributed by atoms with E-state index in [4.69, 9.17) is 4.98 Å². The van der Waals surface area contributed by atoms with Gasteiger partial charge in [0, 0.05) is 32.0 Å². The molecule has 6 rings (SSSR count). The average molecular weight is 486 g/mol. The predicted molar refractivity (Wildman–Crippen MR) is 134 cm³/mol. The van der Waals surface area contributed by atoms with Gasteiger partial charge in [-0.1, -0.05) is 36.4 Å². The lowest BCUT2D eigenvalue weighted by molar-refractivity contribution is 0.478. The van der Waals surface area contributed by atoms with Crippen molar-refractivity contribution in [3.05, 3.63) is 71.8 Å². The van der Waals surface area contributed by atoms with Crippen LogP contribution in [-0.4, -0.2) is 39.5 Å². The monoisotopic (exact) mass is 485 g/mol. The lowest BCUT2D eigenvalue weighted by Crippen LogP contribution is -1.99. The van der Waals surface area contributed by atoms with Crippen molar-refractivity contribution in [3.63, 3.8) is 0 Å². The highest BCUT2D eigenvalue weighted by atomic mass is 32.2. The van der Waals surface area contributed by atoms with Gasteiger partial charge in [-0.2, -0.15) is 5.10 Å². The molecule has 0 aliphatic carbocycles. The highest BCUT2D eigenvalue weighted by Crippen LogP contribution is 2.38. The lowest BCUT2D eigenvalue weighted by atomic mass is 10.0. The first kappa shape index (κ1) is 21.6. The largest absolute Gasteiger partial charge is 0.504 e. The second-order valence-electron chi connectivity index (χ2n) is 8.87. The molecule has 0 unspecified atom stereocenters. The van der Waals surface area contributed by atoms with Crippen molar-refractivity contribution in [2.24, 2.45) is 7.05 Å². The molecule has 0 fully saturated rings. The lowest BCUT2D eigenvalue weighted by Gasteiger charge is -2.05. The van der Waals surface area contributed by atoms with E-state index in [-0.39, 0.29) is 10.6 Å². The number of sulfone groups is 1. The summed E-state index contributed by atoms with van der Waals surface area (Å²) in [5.41, 5.74) is 7.88. The molecule has 35 heavy (non-hydrogen) atoms. The Morgan fingerprint density at radius 2 is 1.51 bits per heavy atom. The molecule has 3 aromatic carbocycles. The van der Waals surface area contributed by atoms with E-state index >= 15 is 0 Å². The number of benzene rings is 3. The molecule has 0 atom stereocenters. The SMILES string of the molecule is Cn1nc(-c2ccc(-c3ccc(S(C)(=O)=O)cc3)cc2)c(O)c1-c1nc2cc3c(cc2[nH]1)CNC3. The number of nitrogens with one attached hydrogen (secondary N) is 2. The van der Waals surface area contributed by atoms with Gasteiger partial charge in [-0.25, -0.2) is 13.4 Å². The van der Waals surface area contributed by atoms with E-state index < -0.39 is 9.84 Å². The van der Waals surface area contributed by atoms with E-state index in [0.29, 0.717) is 17.2 Å². The number of hydrogen-bond acceptors (Lipinski definition) is 6. The normalized spacial score (nSPS) is 13.4. The molecule has 3 heterocycles. The van der Waals surface area contributed by atoms with E-state index in [1.807, 2.05) is 24.3 Å². The predicted octanol–water partition coefficient (Wildman–Crippen LogP) is 4.01. The molecule has 0 spiro atoms. The van der Waals surface area contributed by atoms with Crippen molar-refractivity contribution in [2.75, 3.05) is 6.26 Å². The molecule has 2 aromatic heterocycles. The Balaban J connectivity index is 1.33. The summed E-state index contributed by atoms with van der Waals surface area (Å²) in [6.07, 6.45) is 1.19. The molecule has 0 bridgehead atoms. The van der Waals surface area contributed by atoms with Gasteiger partial charge >= 0.3 is 0 Å². The molecule has 8 nitrogen and oxygen atoms in total. The third-order valence-corrected chi connectivity index (χ3v) is 7.58. The van der Waals surface area contributed by atoms with Gasteiger partial charge in [0.1, 0.15) is 11.4 Å². The Bertz CT molecular complexity index is 1660. The number of aromatic amines is 1. The molecule has 0 saturated carbocycles. The quantitative estimate of drug-likeness (QED) is 0.355. The van der Waals surface area contributed by atoms with E-state index in [1.165, 1.54) is 17.4 Å². The zero-order valence-electron chi connectivity index (χ0n) is 19.2. The van der Waals surface area contributed by atoms with Crippen molar-refractivity contribution >= 4 is 20.9 Å². The standard InChI is InChI=1S/C26H23N5O3S/c1-31-24(26-28-21-11-18-13-27-14-19(18)12-22(21)29-26)25(32)23(30-31)17-5-3-15(4-6-17)16-7-9-20(10-8-16)35(2,33)34/h3-12,27,32H,13-14H2,1-2H3,(H,28,29). The molecule has 1 aliphatic rings. The summed E-state index contributed by atoms with van der Waals surface area (Å²) in [6, 6.07) is 18.6. The van der Waals surface area contributed by atoms with Gasteiger partial charge in [0.2, 0.25) is 0 Å². The number of imidazole rings is 1. The summed E-state index contributed by atoms with van der Waals surface area (Å²) >= 11 is 0. The van der Waals surface area contributed by atoms with Crippen LogP contribution >= 0.6 is 0 Å². The number of aromatic nitrogens is 4. The minimum absolute atomic E-state index is 0.0611.